The third-order valence-corrected chi connectivity index (χ3v) is 9.43. The molecule has 36 heavy (non-hydrogen) atoms. The molecule has 0 aliphatic heterocycles. The average Bonchev–Trinajstić information content (AvgIpc) is 2.82. The molecule has 3 unspecified atom stereocenters. The predicted octanol–water partition coefficient (Wildman–Crippen LogP) is 2.25. The molecule has 12 heteroatoms. The summed E-state index contributed by atoms with van der Waals surface area (Å²) in [4.78, 5) is 73.6. The lowest BCUT2D eigenvalue weighted by Gasteiger charge is -2.53. The highest BCUT2D eigenvalue weighted by Crippen LogP contribution is 2.61. The maximum Gasteiger partial charge on any atom is 0.321 e. The zero-order valence-electron chi connectivity index (χ0n) is 19.7. The van der Waals surface area contributed by atoms with Crippen LogP contribution in [0.4, 0.5) is 0 Å². The molecule has 0 aromatic heterocycles. The van der Waals surface area contributed by atoms with Gasteiger partial charge in [-0.3, -0.25) is 28.8 Å². The van der Waals surface area contributed by atoms with Gasteiger partial charge in [0.15, 0.2) is 10.8 Å². The number of hydrogen-bond acceptors (Lipinski definition) is 6. The van der Waals surface area contributed by atoms with E-state index in [0.717, 1.165) is 0 Å². The molecule has 0 heterocycles. The highest BCUT2D eigenvalue weighted by atomic mass is 16.4. The van der Waals surface area contributed by atoms with Gasteiger partial charge in [-0.05, 0) is 69.6 Å². The summed E-state index contributed by atoms with van der Waals surface area (Å²) in [6.45, 7) is 0. The summed E-state index contributed by atoms with van der Waals surface area (Å²) in [7, 11) is 0. The molecule has 12 nitrogen and oxygen atoms in total. The fourth-order valence-corrected chi connectivity index (χ4v) is 7.43. The second-order valence-corrected chi connectivity index (χ2v) is 10.7. The van der Waals surface area contributed by atoms with Gasteiger partial charge in [0, 0.05) is 5.92 Å². The van der Waals surface area contributed by atoms with Crippen LogP contribution in [0.3, 0.4) is 0 Å². The Labute approximate surface area is 206 Å². The molecule has 3 fully saturated rings. The number of rotatable bonds is 8. The van der Waals surface area contributed by atoms with Gasteiger partial charge in [0.25, 0.3) is 0 Å². The Morgan fingerprint density at radius 3 is 1.53 bits per heavy atom. The zero-order valence-corrected chi connectivity index (χ0v) is 19.7. The van der Waals surface area contributed by atoms with Crippen LogP contribution in [0.5, 0.6) is 0 Å². The first kappa shape index (κ1) is 27.4. The monoisotopic (exact) mass is 512 g/mol. The topological polar surface area (TPSA) is 224 Å². The molecule has 0 radical (unpaired) electrons. The molecule has 6 N–H and O–H groups in total. The van der Waals surface area contributed by atoms with Gasteiger partial charge in [0.1, 0.15) is 0 Å². The van der Waals surface area contributed by atoms with E-state index in [4.69, 9.17) is 0 Å². The zero-order chi connectivity index (χ0) is 27.1. The second-order valence-electron chi connectivity index (χ2n) is 10.7. The fraction of sp³-hybridized carbons (Fsp3) is 0.750. The van der Waals surface area contributed by atoms with E-state index in [9.17, 15) is 59.4 Å². The van der Waals surface area contributed by atoms with Crippen LogP contribution in [-0.2, 0) is 28.8 Å². The predicted molar refractivity (Wildman–Crippen MR) is 118 cm³/mol. The number of carbonyl (C=O) groups is 6. The average molecular weight is 513 g/mol. The molecule has 0 saturated heterocycles. The van der Waals surface area contributed by atoms with Gasteiger partial charge in [-0.2, -0.15) is 0 Å². The van der Waals surface area contributed by atoms with Crippen molar-refractivity contribution in [2.45, 2.75) is 70.6 Å². The molecule has 0 bridgehead atoms. The van der Waals surface area contributed by atoms with Gasteiger partial charge < -0.3 is 30.6 Å². The minimum atomic E-state index is -2.48. The van der Waals surface area contributed by atoms with Crippen molar-refractivity contribution in [1.82, 2.24) is 0 Å². The molecule has 3 atom stereocenters. The van der Waals surface area contributed by atoms with E-state index in [0.29, 0.717) is 12.8 Å². The molecule has 200 valence electrons. The van der Waals surface area contributed by atoms with Crippen LogP contribution >= 0.6 is 0 Å². The normalized spacial score (nSPS) is 33.7. The lowest BCUT2D eigenvalue weighted by molar-refractivity contribution is -0.194. The van der Waals surface area contributed by atoms with E-state index in [1.165, 1.54) is 0 Å². The van der Waals surface area contributed by atoms with Gasteiger partial charge in [-0.25, -0.2) is 0 Å². The maximum atomic E-state index is 12.7. The Morgan fingerprint density at radius 2 is 1.08 bits per heavy atom. The van der Waals surface area contributed by atoms with Crippen LogP contribution in [0, 0.1) is 39.9 Å². The Balaban J connectivity index is 2.12. The Kier molecular flexibility index (Phi) is 7.39. The minimum absolute atomic E-state index is 0.0737. The lowest BCUT2D eigenvalue weighted by atomic mass is 9.47. The van der Waals surface area contributed by atoms with Gasteiger partial charge in [-0.15, -0.1) is 0 Å². The SMILES string of the molecule is O=C(O)C1CCC(C(=O)O)(C2CC(C3CCCCC3(C(=O)O)C(=O)O)CCC2(C(=O)O)C(=O)O)CC1. The van der Waals surface area contributed by atoms with Gasteiger partial charge in [0.2, 0.25) is 0 Å². The number of aliphatic carboxylic acids is 6. The van der Waals surface area contributed by atoms with Crippen molar-refractivity contribution in [3.8, 4) is 0 Å². The van der Waals surface area contributed by atoms with E-state index in [2.05, 4.69) is 0 Å². The molecule has 3 saturated carbocycles. The van der Waals surface area contributed by atoms with Crippen molar-refractivity contribution in [3.63, 3.8) is 0 Å². The summed E-state index contributed by atoms with van der Waals surface area (Å²) in [6.07, 6.45) is -0.454. The summed E-state index contributed by atoms with van der Waals surface area (Å²) in [5, 5.41) is 59.8. The Morgan fingerprint density at radius 1 is 0.556 bits per heavy atom. The number of hydrogen-bond donors (Lipinski definition) is 6. The quantitative estimate of drug-likeness (QED) is 0.258. The molecule has 3 aliphatic rings. The standard InChI is InChI=1S/C24H32O12/c25-16(26)12-4-8-22(9-5-12,17(27)28)15-11-13(6-10-24(15,20(33)34)21(35)36)14-3-1-2-7-23(14,18(29)30)19(31)32/h12-15H,1-11H2,(H,25,26)(H,27,28)(H,29,30)(H,31,32)(H,33,34)(H,35,36). The van der Waals surface area contributed by atoms with Gasteiger partial charge >= 0.3 is 35.8 Å². The van der Waals surface area contributed by atoms with Crippen LogP contribution in [-0.4, -0.2) is 66.5 Å². The molecule has 0 spiro atoms. The Bertz CT molecular complexity index is 932. The maximum absolute atomic E-state index is 12.7. The largest absolute Gasteiger partial charge is 0.481 e. The van der Waals surface area contributed by atoms with Crippen molar-refractivity contribution in [2.75, 3.05) is 0 Å². The number of carboxylic acid groups (broad SMARTS) is 6. The summed E-state index contributed by atoms with van der Waals surface area (Å²) >= 11 is 0. The van der Waals surface area contributed by atoms with E-state index in [-0.39, 0.29) is 51.4 Å². The molecule has 3 rings (SSSR count). The van der Waals surface area contributed by atoms with Crippen molar-refractivity contribution in [1.29, 1.82) is 0 Å². The molecular formula is C24H32O12. The smallest absolute Gasteiger partial charge is 0.321 e. The summed E-state index contributed by atoms with van der Waals surface area (Å²) in [6, 6.07) is 0. The highest BCUT2D eigenvalue weighted by Gasteiger charge is 2.67. The van der Waals surface area contributed by atoms with E-state index in [1.807, 2.05) is 0 Å². The first-order valence-corrected chi connectivity index (χ1v) is 12.2. The van der Waals surface area contributed by atoms with E-state index >= 15 is 0 Å². The number of carboxylic acids is 6. The van der Waals surface area contributed by atoms with Crippen LogP contribution in [0.15, 0.2) is 0 Å². The minimum Gasteiger partial charge on any atom is -0.481 e. The second kappa shape index (κ2) is 9.70. The summed E-state index contributed by atoms with van der Waals surface area (Å²) in [5.41, 5.74) is -6.46. The third kappa shape index (κ3) is 4.00. The third-order valence-electron chi connectivity index (χ3n) is 9.43. The summed E-state index contributed by atoms with van der Waals surface area (Å²) < 4.78 is 0. The summed E-state index contributed by atoms with van der Waals surface area (Å²) in [5.74, 6) is -12.9. The van der Waals surface area contributed by atoms with E-state index in [1.54, 1.807) is 0 Å². The molecular weight excluding hydrogens is 480 g/mol. The van der Waals surface area contributed by atoms with Gasteiger partial charge in [0.05, 0.1) is 11.3 Å². The van der Waals surface area contributed by atoms with Crippen molar-refractivity contribution in [2.24, 2.45) is 39.9 Å². The molecule has 3 aliphatic carbocycles. The fourth-order valence-electron chi connectivity index (χ4n) is 7.43. The van der Waals surface area contributed by atoms with E-state index < -0.39 is 82.2 Å². The van der Waals surface area contributed by atoms with Crippen molar-refractivity contribution < 1.29 is 59.4 Å². The Hall–Kier alpha value is -3.18. The lowest BCUT2D eigenvalue weighted by Crippen LogP contribution is -2.60. The van der Waals surface area contributed by atoms with Crippen LogP contribution < -0.4 is 0 Å². The van der Waals surface area contributed by atoms with Crippen LogP contribution in [0.25, 0.3) is 0 Å². The first-order chi connectivity index (χ1) is 16.8. The van der Waals surface area contributed by atoms with Gasteiger partial charge in [-0.1, -0.05) is 12.8 Å². The van der Waals surface area contributed by atoms with Crippen molar-refractivity contribution in [3.05, 3.63) is 0 Å². The molecule has 0 aromatic rings. The highest BCUT2D eigenvalue weighted by molar-refractivity contribution is 6.00. The van der Waals surface area contributed by atoms with Crippen LogP contribution in [0.2, 0.25) is 0 Å². The van der Waals surface area contributed by atoms with Crippen LogP contribution in [0.1, 0.15) is 70.6 Å². The molecule has 0 amide bonds. The first-order valence-electron chi connectivity index (χ1n) is 12.2. The molecule has 0 aromatic carbocycles. The van der Waals surface area contributed by atoms with Crippen molar-refractivity contribution >= 4 is 35.8 Å².